The van der Waals surface area contributed by atoms with Crippen molar-refractivity contribution in [2.75, 3.05) is 0 Å². The summed E-state index contributed by atoms with van der Waals surface area (Å²) < 4.78 is 26.3. The van der Waals surface area contributed by atoms with E-state index in [1.54, 1.807) is 0 Å². The van der Waals surface area contributed by atoms with Crippen molar-refractivity contribution < 1.29 is 18.7 Å². The highest BCUT2D eigenvalue weighted by Gasteiger charge is 2.38. The van der Waals surface area contributed by atoms with Crippen LogP contribution in [0.1, 0.15) is 31.2 Å². The largest absolute Gasteiger partial charge is 0.382 e. The summed E-state index contributed by atoms with van der Waals surface area (Å²) in [6.07, 6.45) is 2.19. The fourth-order valence-corrected chi connectivity index (χ4v) is 2.26. The third-order valence-electron chi connectivity index (χ3n) is 3.33. The van der Waals surface area contributed by atoms with Crippen LogP contribution in [0.5, 0.6) is 0 Å². The van der Waals surface area contributed by atoms with Gasteiger partial charge in [0.1, 0.15) is 5.60 Å². The molecule has 92 valence electrons. The minimum Gasteiger partial charge on any atom is -0.382 e. The SMILES string of the molecule is O=C(Cc1cccc(F)c1F)C1(O)CCCC1. The number of aliphatic hydroxyl groups is 1. The van der Waals surface area contributed by atoms with Gasteiger partial charge in [0.15, 0.2) is 17.4 Å². The van der Waals surface area contributed by atoms with Gasteiger partial charge in [-0.15, -0.1) is 0 Å². The highest BCUT2D eigenvalue weighted by Crippen LogP contribution is 2.31. The third kappa shape index (κ3) is 2.36. The summed E-state index contributed by atoms with van der Waals surface area (Å²) in [7, 11) is 0. The average Bonchev–Trinajstić information content (AvgIpc) is 2.73. The number of hydrogen-bond donors (Lipinski definition) is 1. The van der Waals surface area contributed by atoms with Crippen molar-refractivity contribution in [2.45, 2.75) is 37.7 Å². The Morgan fingerprint density at radius 3 is 2.59 bits per heavy atom. The molecule has 0 unspecified atom stereocenters. The molecule has 1 fully saturated rings. The summed E-state index contributed by atoms with van der Waals surface area (Å²) in [5, 5.41) is 10.0. The molecule has 1 N–H and O–H groups in total. The normalized spacial score (nSPS) is 18.3. The second kappa shape index (κ2) is 4.53. The first kappa shape index (κ1) is 12.2. The number of ketones is 1. The van der Waals surface area contributed by atoms with Crippen LogP contribution >= 0.6 is 0 Å². The monoisotopic (exact) mass is 240 g/mol. The summed E-state index contributed by atoms with van der Waals surface area (Å²) in [5.41, 5.74) is -1.33. The number of halogens is 2. The van der Waals surface area contributed by atoms with E-state index in [1.165, 1.54) is 12.1 Å². The van der Waals surface area contributed by atoms with Crippen LogP contribution in [0.3, 0.4) is 0 Å². The molecule has 0 spiro atoms. The highest BCUT2D eigenvalue weighted by molar-refractivity contribution is 5.89. The van der Waals surface area contributed by atoms with Gasteiger partial charge in [-0.25, -0.2) is 8.78 Å². The van der Waals surface area contributed by atoms with Gasteiger partial charge in [-0.3, -0.25) is 4.79 Å². The van der Waals surface area contributed by atoms with Crippen molar-refractivity contribution in [3.05, 3.63) is 35.4 Å². The zero-order chi connectivity index (χ0) is 12.5. The topological polar surface area (TPSA) is 37.3 Å². The number of Topliss-reactive ketones (excluding diaryl/α,β-unsaturated/α-hetero) is 1. The fourth-order valence-electron chi connectivity index (χ4n) is 2.26. The summed E-state index contributed by atoms with van der Waals surface area (Å²) in [4.78, 5) is 11.9. The summed E-state index contributed by atoms with van der Waals surface area (Å²) >= 11 is 0. The Labute approximate surface area is 98.3 Å². The number of rotatable bonds is 3. The van der Waals surface area contributed by atoms with Gasteiger partial charge in [0.05, 0.1) is 0 Å². The number of carbonyl (C=O) groups is 1. The summed E-state index contributed by atoms with van der Waals surface area (Å²) in [6, 6.07) is 3.74. The van der Waals surface area contributed by atoms with E-state index in [4.69, 9.17) is 0 Å². The van der Waals surface area contributed by atoms with Gasteiger partial charge in [-0.05, 0) is 37.3 Å². The molecule has 1 aromatic rings. The van der Waals surface area contributed by atoms with Crippen LogP contribution in [0.15, 0.2) is 18.2 Å². The predicted molar refractivity (Wildman–Crippen MR) is 58.5 cm³/mol. The molecule has 1 saturated carbocycles. The molecule has 1 aliphatic carbocycles. The maximum absolute atomic E-state index is 13.4. The molecule has 2 nitrogen and oxygen atoms in total. The van der Waals surface area contributed by atoms with Crippen LogP contribution in [0, 0.1) is 11.6 Å². The van der Waals surface area contributed by atoms with Crippen LogP contribution in [0.2, 0.25) is 0 Å². The lowest BCUT2D eigenvalue weighted by atomic mass is 9.92. The molecule has 1 aliphatic rings. The highest BCUT2D eigenvalue weighted by atomic mass is 19.2. The number of benzene rings is 1. The zero-order valence-corrected chi connectivity index (χ0v) is 9.38. The van der Waals surface area contributed by atoms with Gasteiger partial charge in [0, 0.05) is 6.42 Å². The number of carbonyl (C=O) groups excluding carboxylic acids is 1. The first-order valence-electron chi connectivity index (χ1n) is 5.71. The lowest BCUT2D eigenvalue weighted by molar-refractivity contribution is -0.136. The van der Waals surface area contributed by atoms with Crippen LogP contribution < -0.4 is 0 Å². The van der Waals surface area contributed by atoms with Gasteiger partial charge < -0.3 is 5.11 Å². The Morgan fingerprint density at radius 2 is 1.94 bits per heavy atom. The second-order valence-electron chi connectivity index (χ2n) is 4.55. The molecule has 0 heterocycles. The molecular formula is C13H14F2O2. The standard InChI is InChI=1S/C13H14F2O2/c14-10-5-3-4-9(12(10)15)8-11(16)13(17)6-1-2-7-13/h3-5,17H,1-2,6-8H2. The number of hydrogen-bond acceptors (Lipinski definition) is 2. The molecule has 0 aromatic heterocycles. The van der Waals surface area contributed by atoms with Crippen LogP contribution in [-0.4, -0.2) is 16.5 Å². The Hall–Kier alpha value is -1.29. The summed E-state index contributed by atoms with van der Waals surface area (Å²) in [6.45, 7) is 0. The van der Waals surface area contributed by atoms with Crippen molar-refractivity contribution >= 4 is 5.78 Å². The van der Waals surface area contributed by atoms with Gasteiger partial charge in [-0.1, -0.05) is 12.1 Å². The molecule has 0 saturated heterocycles. The Bertz CT molecular complexity index is 437. The smallest absolute Gasteiger partial charge is 0.168 e. The van der Waals surface area contributed by atoms with E-state index in [2.05, 4.69) is 0 Å². The van der Waals surface area contributed by atoms with Gasteiger partial charge in [0.2, 0.25) is 0 Å². The van der Waals surface area contributed by atoms with E-state index in [1.807, 2.05) is 0 Å². The summed E-state index contributed by atoms with van der Waals surface area (Å²) in [5.74, 6) is -2.38. The quantitative estimate of drug-likeness (QED) is 0.880. The average molecular weight is 240 g/mol. The minimum absolute atomic E-state index is 0.00956. The molecule has 0 bridgehead atoms. The Morgan fingerprint density at radius 1 is 1.29 bits per heavy atom. The molecule has 0 radical (unpaired) electrons. The van der Waals surface area contributed by atoms with Crippen LogP contribution in [0.25, 0.3) is 0 Å². The van der Waals surface area contributed by atoms with E-state index in [-0.39, 0.29) is 12.0 Å². The van der Waals surface area contributed by atoms with Gasteiger partial charge >= 0.3 is 0 Å². The molecule has 0 aliphatic heterocycles. The van der Waals surface area contributed by atoms with Gasteiger partial charge in [0.25, 0.3) is 0 Å². The van der Waals surface area contributed by atoms with E-state index >= 15 is 0 Å². The molecule has 0 atom stereocenters. The second-order valence-corrected chi connectivity index (χ2v) is 4.55. The van der Waals surface area contributed by atoms with E-state index in [9.17, 15) is 18.7 Å². The maximum atomic E-state index is 13.4. The molecule has 2 rings (SSSR count). The lowest BCUT2D eigenvalue weighted by Crippen LogP contribution is -2.36. The Balaban J connectivity index is 2.16. The van der Waals surface area contributed by atoms with Crippen molar-refractivity contribution in [1.29, 1.82) is 0 Å². The predicted octanol–water partition coefficient (Wildman–Crippen LogP) is 2.38. The van der Waals surface area contributed by atoms with Crippen LogP contribution in [0.4, 0.5) is 8.78 Å². The third-order valence-corrected chi connectivity index (χ3v) is 3.33. The van der Waals surface area contributed by atoms with Gasteiger partial charge in [-0.2, -0.15) is 0 Å². The molecule has 0 amide bonds. The zero-order valence-electron chi connectivity index (χ0n) is 9.38. The lowest BCUT2D eigenvalue weighted by Gasteiger charge is -2.20. The first-order chi connectivity index (χ1) is 8.03. The molecule has 17 heavy (non-hydrogen) atoms. The van der Waals surface area contributed by atoms with Crippen molar-refractivity contribution in [1.82, 2.24) is 0 Å². The minimum atomic E-state index is -1.33. The molecule has 4 heteroatoms. The van der Waals surface area contributed by atoms with Crippen molar-refractivity contribution in [2.24, 2.45) is 0 Å². The fraction of sp³-hybridized carbons (Fsp3) is 0.462. The van der Waals surface area contributed by atoms with Crippen molar-refractivity contribution in [3.63, 3.8) is 0 Å². The maximum Gasteiger partial charge on any atom is 0.168 e. The first-order valence-corrected chi connectivity index (χ1v) is 5.71. The Kier molecular flexibility index (Phi) is 3.24. The molecule has 1 aromatic carbocycles. The van der Waals surface area contributed by atoms with E-state index in [0.717, 1.165) is 18.9 Å². The van der Waals surface area contributed by atoms with Crippen molar-refractivity contribution in [3.8, 4) is 0 Å². The van der Waals surface area contributed by atoms with Crippen LogP contribution in [-0.2, 0) is 11.2 Å². The molecular weight excluding hydrogens is 226 g/mol. The van der Waals surface area contributed by atoms with E-state index in [0.29, 0.717) is 12.8 Å². The van der Waals surface area contributed by atoms with E-state index < -0.39 is 23.0 Å².